The van der Waals surface area contributed by atoms with Gasteiger partial charge in [-0.2, -0.15) is 0 Å². The summed E-state index contributed by atoms with van der Waals surface area (Å²) in [6.07, 6.45) is 1.33. The standard InChI is InChI=1S/C8H17ClN2/c1-10-4-3-8(5-10)6-11(2)7-9/h8H,3-7H2,1-2H3. The van der Waals surface area contributed by atoms with Crippen LogP contribution >= 0.6 is 11.6 Å². The van der Waals surface area contributed by atoms with Gasteiger partial charge < -0.3 is 4.90 Å². The van der Waals surface area contributed by atoms with E-state index in [1.807, 2.05) is 0 Å². The van der Waals surface area contributed by atoms with Crippen LogP contribution in [0, 0.1) is 5.92 Å². The second-order valence-electron chi connectivity index (χ2n) is 3.58. The summed E-state index contributed by atoms with van der Waals surface area (Å²) in [6.45, 7) is 3.63. The zero-order valence-corrected chi connectivity index (χ0v) is 8.14. The summed E-state index contributed by atoms with van der Waals surface area (Å²) in [5.74, 6) is 0.837. The van der Waals surface area contributed by atoms with Gasteiger partial charge >= 0.3 is 0 Å². The molecule has 1 aliphatic heterocycles. The summed E-state index contributed by atoms with van der Waals surface area (Å²) < 4.78 is 0. The van der Waals surface area contributed by atoms with Crippen molar-refractivity contribution in [3.63, 3.8) is 0 Å². The van der Waals surface area contributed by atoms with Crippen LogP contribution in [0.4, 0.5) is 0 Å². The van der Waals surface area contributed by atoms with Crippen molar-refractivity contribution in [2.75, 3.05) is 39.7 Å². The van der Waals surface area contributed by atoms with E-state index in [1.165, 1.54) is 19.5 Å². The lowest BCUT2D eigenvalue weighted by molar-refractivity contribution is 0.306. The van der Waals surface area contributed by atoms with Gasteiger partial charge in [0.05, 0.1) is 6.00 Å². The van der Waals surface area contributed by atoms with Gasteiger partial charge in [-0.1, -0.05) is 0 Å². The average Bonchev–Trinajstić information content (AvgIpc) is 2.35. The number of halogens is 1. The highest BCUT2D eigenvalue weighted by Crippen LogP contribution is 2.14. The number of nitrogens with zero attached hydrogens (tertiary/aromatic N) is 2. The Balaban J connectivity index is 2.17. The zero-order valence-electron chi connectivity index (χ0n) is 7.39. The molecule has 1 fully saturated rings. The Morgan fingerprint density at radius 1 is 1.64 bits per heavy atom. The maximum atomic E-state index is 5.68. The minimum Gasteiger partial charge on any atom is -0.306 e. The monoisotopic (exact) mass is 176 g/mol. The Kier molecular flexibility index (Phi) is 3.63. The smallest absolute Gasteiger partial charge is 0.0736 e. The molecule has 0 N–H and O–H groups in total. The van der Waals surface area contributed by atoms with Gasteiger partial charge in [-0.05, 0) is 33.0 Å². The molecule has 0 saturated carbocycles. The topological polar surface area (TPSA) is 6.48 Å². The minimum atomic E-state index is 0.653. The van der Waals surface area contributed by atoms with Gasteiger partial charge in [-0.25, -0.2) is 0 Å². The molecule has 0 aromatic rings. The van der Waals surface area contributed by atoms with Gasteiger partial charge in [0.1, 0.15) is 0 Å². The predicted molar refractivity (Wildman–Crippen MR) is 49.0 cm³/mol. The first-order valence-electron chi connectivity index (χ1n) is 4.15. The molecule has 0 aromatic heterocycles. The van der Waals surface area contributed by atoms with Gasteiger partial charge in [-0.3, -0.25) is 4.90 Å². The van der Waals surface area contributed by atoms with Crippen molar-refractivity contribution < 1.29 is 0 Å². The fourth-order valence-corrected chi connectivity index (χ4v) is 1.76. The van der Waals surface area contributed by atoms with Crippen LogP contribution in [0.1, 0.15) is 6.42 Å². The first-order valence-corrected chi connectivity index (χ1v) is 4.69. The van der Waals surface area contributed by atoms with Gasteiger partial charge in [0.25, 0.3) is 0 Å². The van der Waals surface area contributed by atoms with Crippen LogP contribution in [0.25, 0.3) is 0 Å². The molecule has 0 aliphatic carbocycles. The third-order valence-electron chi connectivity index (χ3n) is 2.26. The molecule has 66 valence electrons. The third-order valence-corrected chi connectivity index (χ3v) is 2.67. The number of rotatable bonds is 3. The number of hydrogen-bond donors (Lipinski definition) is 0. The van der Waals surface area contributed by atoms with E-state index in [0.29, 0.717) is 6.00 Å². The molecule has 1 unspecified atom stereocenters. The molecule has 0 spiro atoms. The highest BCUT2D eigenvalue weighted by atomic mass is 35.5. The molecule has 1 heterocycles. The molecule has 0 radical (unpaired) electrons. The summed E-state index contributed by atoms with van der Waals surface area (Å²) in [6, 6.07) is 0.653. The molecule has 11 heavy (non-hydrogen) atoms. The fourth-order valence-electron chi connectivity index (χ4n) is 1.66. The molecule has 1 aliphatic rings. The fraction of sp³-hybridized carbons (Fsp3) is 1.00. The molecule has 1 rings (SSSR count). The summed E-state index contributed by atoms with van der Waals surface area (Å²) in [4.78, 5) is 4.55. The number of hydrogen-bond acceptors (Lipinski definition) is 2. The Morgan fingerprint density at radius 3 is 2.82 bits per heavy atom. The predicted octanol–water partition coefficient (Wildman–Crippen LogP) is 1.07. The maximum Gasteiger partial charge on any atom is 0.0736 e. The molecular weight excluding hydrogens is 160 g/mol. The SMILES string of the molecule is CN(CCl)CC1CCN(C)C1. The van der Waals surface area contributed by atoms with Crippen LogP contribution in [-0.2, 0) is 0 Å². The van der Waals surface area contributed by atoms with Crippen molar-refractivity contribution in [3.8, 4) is 0 Å². The first kappa shape index (κ1) is 9.30. The lowest BCUT2D eigenvalue weighted by Crippen LogP contribution is -2.26. The van der Waals surface area contributed by atoms with Gasteiger partial charge in [0, 0.05) is 13.1 Å². The van der Waals surface area contributed by atoms with Gasteiger partial charge in [-0.15, -0.1) is 11.6 Å². The van der Waals surface area contributed by atoms with E-state index >= 15 is 0 Å². The van der Waals surface area contributed by atoms with E-state index in [0.717, 1.165) is 12.5 Å². The molecule has 3 heteroatoms. The normalized spacial score (nSPS) is 26.7. The largest absolute Gasteiger partial charge is 0.306 e. The van der Waals surface area contributed by atoms with Crippen molar-refractivity contribution in [2.24, 2.45) is 5.92 Å². The lowest BCUT2D eigenvalue weighted by Gasteiger charge is -2.17. The summed E-state index contributed by atoms with van der Waals surface area (Å²) in [5.41, 5.74) is 0. The van der Waals surface area contributed by atoms with Gasteiger partial charge in [0.2, 0.25) is 0 Å². The van der Waals surface area contributed by atoms with Crippen molar-refractivity contribution in [1.82, 2.24) is 9.80 Å². The zero-order chi connectivity index (χ0) is 8.27. The van der Waals surface area contributed by atoms with Crippen LogP contribution in [0.2, 0.25) is 0 Å². The Hall–Kier alpha value is 0.210. The van der Waals surface area contributed by atoms with Gasteiger partial charge in [0.15, 0.2) is 0 Å². The first-order chi connectivity index (χ1) is 5.22. The number of alkyl halides is 1. The number of likely N-dealkylation sites (tertiary alicyclic amines) is 1. The van der Waals surface area contributed by atoms with E-state index in [9.17, 15) is 0 Å². The summed E-state index contributed by atoms with van der Waals surface area (Å²) in [5, 5.41) is 0. The molecule has 1 saturated heterocycles. The summed E-state index contributed by atoms with van der Waals surface area (Å²) >= 11 is 5.68. The molecular formula is C8H17ClN2. The van der Waals surface area contributed by atoms with Crippen molar-refractivity contribution in [1.29, 1.82) is 0 Å². The van der Waals surface area contributed by atoms with E-state index in [-0.39, 0.29) is 0 Å². The second-order valence-corrected chi connectivity index (χ2v) is 3.81. The molecule has 1 atom stereocenters. The van der Waals surface area contributed by atoms with E-state index in [2.05, 4.69) is 23.9 Å². The van der Waals surface area contributed by atoms with Crippen LogP contribution < -0.4 is 0 Å². The Bertz CT molecular complexity index is 119. The van der Waals surface area contributed by atoms with Crippen LogP contribution in [0.3, 0.4) is 0 Å². The molecule has 0 aromatic carbocycles. The highest BCUT2D eigenvalue weighted by Gasteiger charge is 2.19. The Morgan fingerprint density at radius 2 is 2.36 bits per heavy atom. The molecule has 0 amide bonds. The molecule has 0 bridgehead atoms. The quantitative estimate of drug-likeness (QED) is 0.469. The molecule has 2 nitrogen and oxygen atoms in total. The maximum absolute atomic E-state index is 5.68. The minimum absolute atomic E-state index is 0.653. The van der Waals surface area contributed by atoms with Crippen LogP contribution in [0.15, 0.2) is 0 Å². The van der Waals surface area contributed by atoms with Crippen LogP contribution in [0.5, 0.6) is 0 Å². The van der Waals surface area contributed by atoms with E-state index < -0.39 is 0 Å². The Labute approximate surface area is 74.1 Å². The van der Waals surface area contributed by atoms with Crippen molar-refractivity contribution >= 4 is 11.6 Å². The van der Waals surface area contributed by atoms with Crippen molar-refractivity contribution in [3.05, 3.63) is 0 Å². The van der Waals surface area contributed by atoms with E-state index in [4.69, 9.17) is 11.6 Å². The average molecular weight is 177 g/mol. The second kappa shape index (κ2) is 4.29. The lowest BCUT2D eigenvalue weighted by atomic mass is 10.1. The third kappa shape index (κ3) is 2.97. The highest BCUT2D eigenvalue weighted by molar-refractivity contribution is 6.17. The van der Waals surface area contributed by atoms with Crippen molar-refractivity contribution in [2.45, 2.75) is 6.42 Å². The summed E-state index contributed by atoms with van der Waals surface area (Å²) in [7, 11) is 4.26. The van der Waals surface area contributed by atoms with E-state index in [1.54, 1.807) is 0 Å². The van der Waals surface area contributed by atoms with Crippen LogP contribution in [-0.4, -0.2) is 49.5 Å².